The maximum absolute atomic E-state index is 12.3. The molecule has 3 rings (SSSR count). The second-order valence-electron chi connectivity index (χ2n) is 5.62. The molecule has 0 spiro atoms. The zero-order chi connectivity index (χ0) is 12.4. The zero-order valence-corrected chi connectivity index (χ0v) is 10.9. The van der Waals surface area contributed by atoms with E-state index in [0.29, 0.717) is 19.3 Å². The largest absolute Gasteiger partial charge is 0.377 e. The lowest BCUT2D eigenvalue weighted by atomic mass is 10.0. The summed E-state index contributed by atoms with van der Waals surface area (Å²) in [5.41, 5.74) is 0. The number of likely N-dealkylation sites (tertiary alicyclic amines) is 1. The molecule has 18 heavy (non-hydrogen) atoms. The van der Waals surface area contributed by atoms with Crippen LogP contribution >= 0.6 is 0 Å². The van der Waals surface area contributed by atoms with Crippen molar-refractivity contribution < 1.29 is 9.53 Å². The van der Waals surface area contributed by atoms with Crippen molar-refractivity contribution in [1.82, 2.24) is 15.5 Å². The minimum atomic E-state index is 0.105. The molecular formula is C13H23N3O2. The molecule has 0 aromatic heterocycles. The molecular weight excluding hydrogens is 230 g/mol. The molecule has 0 bridgehead atoms. The summed E-state index contributed by atoms with van der Waals surface area (Å²) in [5.74, 6) is 0.222. The predicted molar refractivity (Wildman–Crippen MR) is 68.4 cm³/mol. The van der Waals surface area contributed by atoms with Crippen LogP contribution in [0.5, 0.6) is 0 Å². The van der Waals surface area contributed by atoms with Crippen LogP contribution in [0.3, 0.4) is 0 Å². The van der Waals surface area contributed by atoms with Gasteiger partial charge in [0.1, 0.15) is 0 Å². The fourth-order valence-electron chi connectivity index (χ4n) is 3.26. The van der Waals surface area contributed by atoms with Gasteiger partial charge in [0.25, 0.3) is 0 Å². The van der Waals surface area contributed by atoms with Crippen molar-refractivity contribution in [3.63, 3.8) is 0 Å². The van der Waals surface area contributed by atoms with Crippen LogP contribution in [0.2, 0.25) is 0 Å². The Hall–Kier alpha value is -0.650. The summed E-state index contributed by atoms with van der Waals surface area (Å²) in [7, 11) is 0. The summed E-state index contributed by atoms with van der Waals surface area (Å²) in [4.78, 5) is 14.7. The number of ether oxygens (including phenoxy) is 1. The van der Waals surface area contributed by atoms with Gasteiger partial charge >= 0.3 is 0 Å². The number of piperidine rings is 1. The van der Waals surface area contributed by atoms with Crippen molar-refractivity contribution >= 4 is 5.91 Å². The molecule has 0 aliphatic carbocycles. The number of rotatable bonds is 3. The van der Waals surface area contributed by atoms with Gasteiger partial charge in [-0.25, -0.2) is 0 Å². The van der Waals surface area contributed by atoms with Crippen LogP contribution in [-0.4, -0.2) is 61.8 Å². The third-order valence-corrected chi connectivity index (χ3v) is 4.36. The van der Waals surface area contributed by atoms with Crippen LogP contribution in [0.15, 0.2) is 0 Å². The lowest BCUT2D eigenvalue weighted by molar-refractivity contribution is -0.130. The molecule has 3 heterocycles. The van der Waals surface area contributed by atoms with Crippen LogP contribution in [0.25, 0.3) is 0 Å². The Morgan fingerprint density at radius 3 is 2.67 bits per heavy atom. The van der Waals surface area contributed by atoms with Crippen molar-refractivity contribution in [2.24, 2.45) is 0 Å². The second kappa shape index (κ2) is 5.55. The highest BCUT2D eigenvalue weighted by Crippen LogP contribution is 2.24. The van der Waals surface area contributed by atoms with Gasteiger partial charge in [-0.2, -0.15) is 0 Å². The first kappa shape index (κ1) is 12.4. The van der Waals surface area contributed by atoms with Gasteiger partial charge in [0.2, 0.25) is 5.91 Å². The molecule has 102 valence electrons. The highest BCUT2D eigenvalue weighted by molar-refractivity contribution is 5.82. The summed E-state index contributed by atoms with van der Waals surface area (Å²) >= 11 is 0. The van der Waals surface area contributed by atoms with Crippen LogP contribution in [-0.2, 0) is 9.53 Å². The number of hydrogen-bond donors (Lipinski definition) is 2. The third-order valence-electron chi connectivity index (χ3n) is 4.36. The lowest BCUT2D eigenvalue weighted by Gasteiger charge is -2.36. The second-order valence-corrected chi connectivity index (χ2v) is 5.62. The quantitative estimate of drug-likeness (QED) is 0.726. The Bertz CT molecular complexity index is 301. The number of nitrogens with one attached hydrogen (secondary N) is 2. The fraction of sp³-hybridized carbons (Fsp3) is 0.923. The summed E-state index contributed by atoms with van der Waals surface area (Å²) in [6.07, 6.45) is 4.53. The summed E-state index contributed by atoms with van der Waals surface area (Å²) in [5, 5.41) is 6.50. The molecule has 3 fully saturated rings. The number of amides is 1. The van der Waals surface area contributed by atoms with E-state index in [0.717, 1.165) is 32.5 Å². The number of carbonyl (C=O) groups excluding carboxylic acids is 1. The summed E-state index contributed by atoms with van der Waals surface area (Å²) in [6, 6.07) is 0.962. The van der Waals surface area contributed by atoms with Crippen molar-refractivity contribution in [1.29, 1.82) is 0 Å². The Labute approximate surface area is 108 Å². The maximum atomic E-state index is 12.3. The third kappa shape index (κ3) is 2.53. The van der Waals surface area contributed by atoms with E-state index in [9.17, 15) is 4.79 Å². The zero-order valence-electron chi connectivity index (χ0n) is 10.9. The van der Waals surface area contributed by atoms with Crippen LogP contribution in [0, 0.1) is 0 Å². The van der Waals surface area contributed by atoms with Gasteiger partial charge in [0, 0.05) is 6.04 Å². The van der Waals surface area contributed by atoms with E-state index < -0.39 is 0 Å². The number of hydrogen-bond acceptors (Lipinski definition) is 4. The average Bonchev–Trinajstić information content (AvgIpc) is 2.84. The Balaban J connectivity index is 1.57. The molecule has 3 aliphatic heterocycles. The minimum Gasteiger partial charge on any atom is -0.377 e. The van der Waals surface area contributed by atoms with Crippen LogP contribution in [0.1, 0.15) is 25.7 Å². The van der Waals surface area contributed by atoms with Crippen molar-refractivity contribution in [2.75, 3.05) is 32.8 Å². The summed E-state index contributed by atoms with van der Waals surface area (Å²) < 4.78 is 5.10. The predicted octanol–water partition coefficient (Wildman–Crippen LogP) is -0.282. The molecule has 3 saturated heterocycles. The van der Waals surface area contributed by atoms with Crippen molar-refractivity contribution in [3.05, 3.63) is 0 Å². The molecule has 2 N–H and O–H groups in total. The smallest absolute Gasteiger partial charge is 0.237 e. The van der Waals surface area contributed by atoms with Gasteiger partial charge in [-0.1, -0.05) is 0 Å². The lowest BCUT2D eigenvalue weighted by Crippen LogP contribution is -2.56. The normalized spacial score (nSPS) is 31.2. The van der Waals surface area contributed by atoms with Crippen LogP contribution < -0.4 is 10.6 Å². The van der Waals surface area contributed by atoms with E-state index in [1.807, 2.05) is 0 Å². The highest BCUT2D eigenvalue weighted by atomic mass is 16.5. The topological polar surface area (TPSA) is 53.6 Å². The SMILES string of the molecule is O=C(NC1COC1)C1CCCN1C1CCNCC1. The molecule has 0 aromatic carbocycles. The van der Waals surface area contributed by atoms with Gasteiger partial charge in [-0.3, -0.25) is 9.69 Å². The van der Waals surface area contributed by atoms with E-state index in [4.69, 9.17) is 4.74 Å². The Kier molecular flexibility index (Phi) is 3.82. The fourth-order valence-corrected chi connectivity index (χ4v) is 3.26. The van der Waals surface area contributed by atoms with E-state index >= 15 is 0 Å². The molecule has 5 nitrogen and oxygen atoms in total. The monoisotopic (exact) mass is 253 g/mol. The first-order valence-corrected chi connectivity index (χ1v) is 7.19. The van der Waals surface area contributed by atoms with E-state index in [1.54, 1.807) is 0 Å². The highest BCUT2D eigenvalue weighted by Gasteiger charge is 2.36. The van der Waals surface area contributed by atoms with Gasteiger partial charge < -0.3 is 15.4 Å². The van der Waals surface area contributed by atoms with Gasteiger partial charge in [-0.15, -0.1) is 0 Å². The van der Waals surface area contributed by atoms with Crippen LogP contribution in [0.4, 0.5) is 0 Å². The number of nitrogens with zero attached hydrogens (tertiary/aromatic N) is 1. The molecule has 1 atom stereocenters. The number of carbonyl (C=O) groups is 1. The van der Waals surface area contributed by atoms with Crippen molar-refractivity contribution in [2.45, 2.75) is 43.8 Å². The standard InChI is InChI=1S/C13H23N3O2/c17-13(15-10-8-18-9-10)12-2-1-7-16(12)11-3-5-14-6-4-11/h10-12,14H,1-9H2,(H,15,17). The maximum Gasteiger partial charge on any atom is 0.237 e. The van der Waals surface area contributed by atoms with E-state index in [2.05, 4.69) is 15.5 Å². The van der Waals surface area contributed by atoms with E-state index in [1.165, 1.54) is 12.8 Å². The first-order valence-electron chi connectivity index (χ1n) is 7.19. The van der Waals surface area contributed by atoms with Gasteiger partial charge in [0.15, 0.2) is 0 Å². The molecule has 5 heteroatoms. The average molecular weight is 253 g/mol. The van der Waals surface area contributed by atoms with Gasteiger partial charge in [-0.05, 0) is 45.3 Å². The molecule has 1 amide bonds. The molecule has 0 aromatic rings. The van der Waals surface area contributed by atoms with E-state index in [-0.39, 0.29) is 18.0 Å². The molecule has 0 radical (unpaired) electrons. The Morgan fingerprint density at radius 1 is 1.22 bits per heavy atom. The first-order chi connectivity index (χ1) is 8.84. The molecule has 0 saturated carbocycles. The minimum absolute atomic E-state index is 0.105. The molecule has 3 aliphatic rings. The molecule has 1 unspecified atom stereocenters. The Morgan fingerprint density at radius 2 is 2.00 bits per heavy atom. The van der Waals surface area contributed by atoms with Crippen molar-refractivity contribution in [3.8, 4) is 0 Å². The summed E-state index contributed by atoms with van der Waals surface area (Å²) in [6.45, 7) is 4.64. The van der Waals surface area contributed by atoms with Gasteiger partial charge in [0.05, 0.1) is 25.3 Å².